The quantitative estimate of drug-likeness (QED) is 0.552. The zero-order valence-electron chi connectivity index (χ0n) is 7.38. The molecule has 3 atom stereocenters. The maximum Gasteiger partial charge on any atom is 0.158 e. The number of hydrogen-bond acceptors (Lipinski definition) is 2. The van der Waals surface area contributed by atoms with E-state index in [2.05, 4.69) is 6.58 Å². The largest absolute Gasteiger partial charge is 0.381 e. The van der Waals surface area contributed by atoms with Crippen molar-refractivity contribution in [2.45, 2.75) is 25.4 Å². The molecule has 12 heavy (non-hydrogen) atoms. The molecule has 2 aliphatic carbocycles. The number of fused-ring (bicyclic) bond motifs is 1. The lowest BCUT2D eigenvalue weighted by Crippen LogP contribution is -2.08. The molecule has 2 rings (SSSR count). The van der Waals surface area contributed by atoms with Crippen LogP contribution in [0.3, 0.4) is 0 Å². The molecule has 0 aromatic carbocycles. The maximum atomic E-state index is 11.2. The molecule has 2 aliphatic rings. The van der Waals surface area contributed by atoms with Crippen molar-refractivity contribution in [2.75, 3.05) is 7.11 Å². The van der Waals surface area contributed by atoms with Crippen molar-refractivity contribution < 1.29 is 9.53 Å². The van der Waals surface area contributed by atoms with Gasteiger partial charge in [0, 0.05) is 13.5 Å². The Bertz CT molecular complexity index is 232. The maximum absolute atomic E-state index is 11.2. The third-order valence-corrected chi connectivity index (χ3v) is 3.24. The number of Topliss-reactive ketones (excluding diaryl/α,β-unsaturated/α-hetero) is 1. The lowest BCUT2D eigenvalue weighted by Gasteiger charge is -2.07. The summed E-state index contributed by atoms with van der Waals surface area (Å²) in [5, 5.41) is 0. The van der Waals surface area contributed by atoms with Crippen molar-refractivity contribution in [1.82, 2.24) is 0 Å². The lowest BCUT2D eigenvalue weighted by atomic mass is 9.98. The normalized spacial score (nSPS) is 40.6. The second kappa shape index (κ2) is 2.70. The summed E-state index contributed by atoms with van der Waals surface area (Å²) in [6.07, 6.45) is 3.13. The molecule has 0 aromatic heterocycles. The molecule has 2 saturated carbocycles. The van der Waals surface area contributed by atoms with Gasteiger partial charge in [-0.05, 0) is 30.3 Å². The predicted molar refractivity (Wildman–Crippen MR) is 45.8 cm³/mol. The molecular weight excluding hydrogens is 152 g/mol. The molecule has 0 unspecified atom stereocenters. The Morgan fingerprint density at radius 2 is 2.25 bits per heavy atom. The van der Waals surface area contributed by atoms with Gasteiger partial charge >= 0.3 is 0 Å². The first-order valence-electron chi connectivity index (χ1n) is 4.47. The topological polar surface area (TPSA) is 26.3 Å². The minimum absolute atomic E-state index is 0.277. The molecule has 0 N–H and O–H groups in total. The highest BCUT2D eigenvalue weighted by Crippen LogP contribution is 2.45. The molecular formula is C10H14O2. The van der Waals surface area contributed by atoms with E-state index in [0.29, 0.717) is 24.4 Å². The van der Waals surface area contributed by atoms with Crippen LogP contribution in [0.2, 0.25) is 0 Å². The van der Waals surface area contributed by atoms with E-state index in [-0.39, 0.29) is 5.78 Å². The highest BCUT2D eigenvalue weighted by molar-refractivity contribution is 5.98. The summed E-state index contributed by atoms with van der Waals surface area (Å²) in [6.45, 7) is 3.84. The molecule has 0 heterocycles. The number of ether oxygens (including phenoxy) is 1. The number of carbonyl (C=O) groups is 1. The molecule has 0 amide bonds. The molecule has 66 valence electrons. The van der Waals surface area contributed by atoms with Gasteiger partial charge in [0.1, 0.15) is 0 Å². The van der Waals surface area contributed by atoms with Gasteiger partial charge in [0.25, 0.3) is 0 Å². The summed E-state index contributed by atoms with van der Waals surface area (Å²) in [7, 11) is 1.75. The van der Waals surface area contributed by atoms with Crippen LogP contribution in [0.15, 0.2) is 12.2 Å². The van der Waals surface area contributed by atoms with Crippen molar-refractivity contribution in [1.29, 1.82) is 0 Å². The summed E-state index contributed by atoms with van der Waals surface area (Å²) in [6, 6.07) is 0. The average molecular weight is 166 g/mol. The summed E-state index contributed by atoms with van der Waals surface area (Å²) in [5.41, 5.74) is 0.847. The van der Waals surface area contributed by atoms with E-state index < -0.39 is 0 Å². The van der Waals surface area contributed by atoms with Crippen molar-refractivity contribution in [2.24, 2.45) is 11.8 Å². The number of methoxy groups -OCH3 is 1. The molecule has 0 radical (unpaired) electrons. The SMILES string of the molecule is C=C1C(=O)C[C@H]2C[C@@H](OC)C[C@@H]12. The van der Waals surface area contributed by atoms with Gasteiger partial charge in [-0.3, -0.25) is 4.79 Å². The Balaban J connectivity index is 2.11. The number of allylic oxidation sites excluding steroid dienone is 1. The van der Waals surface area contributed by atoms with E-state index in [1.807, 2.05) is 0 Å². The summed E-state index contributed by atoms with van der Waals surface area (Å²) >= 11 is 0. The standard InChI is InChI=1S/C10H14O2/c1-6-9-5-8(12-2)3-7(9)4-10(6)11/h7-9H,1,3-5H2,2H3/t7-,8-,9+/m1/s1. The second-order valence-corrected chi connectivity index (χ2v) is 3.85. The van der Waals surface area contributed by atoms with Crippen molar-refractivity contribution in [3.05, 3.63) is 12.2 Å². The van der Waals surface area contributed by atoms with Crippen LogP contribution in [0.25, 0.3) is 0 Å². The van der Waals surface area contributed by atoms with Crippen LogP contribution in [-0.4, -0.2) is 19.0 Å². The van der Waals surface area contributed by atoms with E-state index >= 15 is 0 Å². The minimum atomic E-state index is 0.277. The van der Waals surface area contributed by atoms with Crippen molar-refractivity contribution in [3.63, 3.8) is 0 Å². The average Bonchev–Trinajstić information content (AvgIpc) is 2.55. The molecule has 2 heteroatoms. The zero-order valence-corrected chi connectivity index (χ0v) is 7.38. The molecule has 0 aliphatic heterocycles. The van der Waals surface area contributed by atoms with Crippen LogP contribution < -0.4 is 0 Å². The first kappa shape index (κ1) is 7.99. The monoisotopic (exact) mass is 166 g/mol. The number of carbonyl (C=O) groups excluding carboxylic acids is 1. The molecule has 2 fully saturated rings. The fraction of sp³-hybridized carbons (Fsp3) is 0.700. The number of ketones is 1. The van der Waals surface area contributed by atoms with E-state index in [1.54, 1.807) is 7.11 Å². The molecule has 0 bridgehead atoms. The van der Waals surface area contributed by atoms with Crippen LogP contribution in [0.1, 0.15) is 19.3 Å². The van der Waals surface area contributed by atoms with Crippen LogP contribution in [0.5, 0.6) is 0 Å². The zero-order chi connectivity index (χ0) is 8.72. The Hall–Kier alpha value is -0.630. The van der Waals surface area contributed by atoms with E-state index in [0.717, 1.165) is 18.4 Å². The van der Waals surface area contributed by atoms with Crippen molar-refractivity contribution in [3.8, 4) is 0 Å². The molecule has 0 spiro atoms. The van der Waals surface area contributed by atoms with E-state index in [1.165, 1.54) is 0 Å². The first-order valence-corrected chi connectivity index (χ1v) is 4.47. The number of rotatable bonds is 1. The fourth-order valence-electron chi connectivity index (χ4n) is 2.49. The van der Waals surface area contributed by atoms with Gasteiger partial charge < -0.3 is 4.74 Å². The van der Waals surface area contributed by atoms with Crippen LogP contribution in [-0.2, 0) is 9.53 Å². The highest BCUT2D eigenvalue weighted by atomic mass is 16.5. The van der Waals surface area contributed by atoms with Gasteiger partial charge in [0.2, 0.25) is 0 Å². The first-order chi connectivity index (χ1) is 5.72. The lowest BCUT2D eigenvalue weighted by molar-refractivity contribution is -0.115. The minimum Gasteiger partial charge on any atom is -0.381 e. The van der Waals surface area contributed by atoms with E-state index in [9.17, 15) is 4.79 Å². The summed E-state index contributed by atoms with van der Waals surface area (Å²) in [5.74, 6) is 1.25. The van der Waals surface area contributed by atoms with Crippen molar-refractivity contribution >= 4 is 5.78 Å². The highest BCUT2D eigenvalue weighted by Gasteiger charge is 2.43. The van der Waals surface area contributed by atoms with Gasteiger partial charge in [-0.15, -0.1) is 0 Å². The summed E-state index contributed by atoms with van der Waals surface area (Å²) in [4.78, 5) is 11.2. The third-order valence-electron chi connectivity index (χ3n) is 3.24. The Morgan fingerprint density at radius 1 is 1.50 bits per heavy atom. The van der Waals surface area contributed by atoms with E-state index in [4.69, 9.17) is 4.74 Å². The fourth-order valence-corrected chi connectivity index (χ4v) is 2.49. The molecule has 0 aromatic rings. The summed E-state index contributed by atoms with van der Waals surface area (Å²) < 4.78 is 5.28. The van der Waals surface area contributed by atoms with Crippen LogP contribution >= 0.6 is 0 Å². The Morgan fingerprint density at radius 3 is 2.83 bits per heavy atom. The molecule has 2 nitrogen and oxygen atoms in total. The third kappa shape index (κ3) is 1.02. The van der Waals surface area contributed by atoms with Gasteiger partial charge in [0.15, 0.2) is 5.78 Å². The van der Waals surface area contributed by atoms with Crippen LogP contribution in [0.4, 0.5) is 0 Å². The smallest absolute Gasteiger partial charge is 0.158 e. The van der Waals surface area contributed by atoms with Gasteiger partial charge in [0.05, 0.1) is 6.10 Å². The predicted octanol–water partition coefficient (Wildman–Crippen LogP) is 1.56. The van der Waals surface area contributed by atoms with Gasteiger partial charge in [-0.1, -0.05) is 6.58 Å². The van der Waals surface area contributed by atoms with Gasteiger partial charge in [-0.2, -0.15) is 0 Å². The Kier molecular flexibility index (Phi) is 1.80. The number of hydrogen-bond donors (Lipinski definition) is 0. The second-order valence-electron chi connectivity index (χ2n) is 3.85. The van der Waals surface area contributed by atoms with Gasteiger partial charge in [-0.25, -0.2) is 0 Å². The van der Waals surface area contributed by atoms with Crippen LogP contribution in [0, 0.1) is 11.8 Å². The Labute approximate surface area is 72.6 Å². The molecule has 0 saturated heterocycles.